The van der Waals surface area contributed by atoms with Crippen LogP contribution in [0, 0.1) is 5.82 Å². The second kappa shape index (κ2) is 8.76. The number of fused-ring (bicyclic) bond motifs is 1. The van der Waals surface area contributed by atoms with Gasteiger partial charge in [-0.2, -0.15) is 0 Å². The highest BCUT2D eigenvalue weighted by Crippen LogP contribution is 2.23. The summed E-state index contributed by atoms with van der Waals surface area (Å²) in [5, 5.41) is 2.85. The van der Waals surface area contributed by atoms with E-state index in [2.05, 4.69) is 10.3 Å². The lowest BCUT2D eigenvalue weighted by molar-refractivity contribution is 0.0705. The van der Waals surface area contributed by atoms with E-state index < -0.39 is 0 Å². The van der Waals surface area contributed by atoms with E-state index in [0.29, 0.717) is 30.0 Å². The summed E-state index contributed by atoms with van der Waals surface area (Å²) in [5.41, 5.74) is 1.76. The zero-order valence-electron chi connectivity index (χ0n) is 16.6. The van der Waals surface area contributed by atoms with Crippen molar-refractivity contribution in [3.05, 3.63) is 52.9 Å². The van der Waals surface area contributed by atoms with Crippen LogP contribution >= 0.6 is 0 Å². The molecule has 2 aliphatic heterocycles. The van der Waals surface area contributed by atoms with Crippen molar-refractivity contribution in [2.45, 2.75) is 51.5 Å². The molecule has 6 nitrogen and oxygen atoms in total. The van der Waals surface area contributed by atoms with E-state index in [9.17, 15) is 14.0 Å². The highest BCUT2D eigenvalue weighted by Gasteiger charge is 2.30. The van der Waals surface area contributed by atoms with Gasteiger partial charge in [0.05, 0.1) is 5.69 Å². The zero-order valence-corrected chi connectivity index (χ0v) is 16.6. The molecule has 1 aromatic heterocycles. The first-order valence-corrected chi connectivity index (χ1v) is 10.6. The number of hydrogen-bond acceptors (Lipinski definition) is 3. The van der Waals surface area contributed by atoms with E-state index in [-0.39, 0.29) is 17.6 Å². The molecule has 0 spiro atoms. The minimum Gasteiger partial charge on any atom is -0.350 e. The Morgan fingerprint density at radius 3 is 2.59 bits per heavy atom. The third-order valence-corrected chi connectivity index (χ3v) is 5.81. The molecule has 154 valence electrons. The summed E-state index contributed by atoms with van der Waals surface area (Å²) in [6.45, 7) is 2.55. The lowest BCUT2D eigenvalue weighted by Gasteiger charge is -2.27. The Balaban J connectivity index is 1.49. The minimum atomic E-state index is -0.287. The Kier molecular flexibility index (Phi) is 5.92. The highest BCUT2D eigenvalue weighted by atomic mass is 19.1. The number of nitrogens with zero attached hydrogens (tertiary/aromatic N) is 3. The number of hydrogen-bond donors (Lipinski definition) is 1. The summed E-state index contributed by atoms with van der Waals surface area (Å²) in [4.78, 5) is 32.2. The fourth-order valence-electron chi connectivity index (χ4n) is 4.22. The Morgan fingerprint density at radius 2 is 1.79 bits per heavy atom. The van der Waals surface area contributed by atoms with Crippen molar-refractivity contribution in [1.82, 2.24) is 19.8 Å². The molecular weight excluding hydrogens is 371 g/mol. The monoisotopic (exact) mass is 398 g/mol. The Bertz CT molecular complexity index is 902. The topological polar surface area (TPSA) is 67.2 Å². The van der Waals surface area contributed by atoms with Crippen LogP contribution in [0.15, 0.2) is 24.3 Å². The van der Waals surface area contributed by atoms with Crippen molar-refractivity contribution >= 4 is 11.8 Å². The molecule has 2 aromatic rings. The number of imidazole rings is 1. The molecule has 2 amide bonds. The Labute approximate surface area is 170 Å². The minimum absolute atomic E-state index is 0.0711. The molecule has 1 N–H and O–H groups in total. The zero-order chi connectivity index (χ0) is 20.2. The summed E-state index contributed by atoms with van der Waals surface area (Å²) in [7, 11) is 0. The van der Waals surface area contributed by atoms with Crippen LogP contribution in [0.1, 0.15) is 64.5 Å². The van der Waals surface area contributed by atoms with Crippen LogP contribution in [0.5, 0.6) is 0 Å². The molecule has 2 aliphatic rings. The quantitative estimate of drug-likeness (QED) is 0.842. The van der Waals surface area contributed by atoms with Gasteiger partial charge in [0.1, 0.15) is 11.5 Å². The van der Waals surface area contributed by atoms with Crippen molar-refractivity contribution in [2.24, 2.45) is 0 Å². The Hall–Kier alpha value is -2.70. The first-order valence-electron chi connectivity index (χ1n) is 10.6. The molecule has 1 aromatic carbocycles. The number of piperidine rings is 1. The first-order chi connectivity index (χ1) is 14.1. The highest BCUT2D eigenvalue weighted by molar-refractivity contribution is 5.97. The maximum atomic E-state index is 13.8. The number of halogens is 1. The normalized spacial score (nSPS) is 16.4. The van der Waals surface area contributed by atoms with Crippen LogP contribution < -0.4 is 5.32 Å². The van der Waals surface area contributed by atoms with Crippen molar-refractivity contribution in [1.29, 1.82) is 0 Å². The molecule has 0 saturated carbocycles. The standard InChI is InChI=1S/C22H27FN4O2/c23-17-9-3-2-8-16(17)11-12-24-21(28)19-18-10-4-7-15-27(18)20(25-19)22(29)26-13-5-1-6-14-26/h2-3,8-9H,1,4-7,10-15H2,(H,24,28). The largest absolute Gasteiger partial charge is 0.350 e. The summed E-state index contributed by atoms with van der Waals surface area (Å²) < 4.78 is 15.7. The van der Waals surface area contributed by atoms with Crippen LogP contribution in [0.2, 0.25) is 0 Å². The van der Waals surface area contributed by atoms with E-state index in [4.69, 9.17) is 0 Å². The summed E-state index contributed by atoms with van der Waals surface area (Å²) in [5.74, 6) is -0.237. The molecule has 7 heteroatoms. The third-order valence-electron chi connectivity index (χ3n) is 5.81. The third kappa shape index (κ3) is 4.18. The molecule has 29 heavy (non-hydrogen) atoms. The van der Waals surface area contributed by atoms with Crippen molar-refractivity contribution < 1.29 is 14.0 Å². The number of rotatable bonds is 5. The van der Waals surface area contributed by atoms with Crippen molar-refractivity contribution in [2.75, 3.05) is 19.6 Å². The van der Waals surface area contributed by atoms with Crippen LogP contribution in [-0.4, -0.2) is 45.9 Å². The molecule has 0 radical (unpaired) electrons. The maximum absolute atomic E-state index is 13.8. The van der Waals surface area contributed by atoms with Gasteiger partial charge in [0.25, 0.3) is 11.8 Å². The van der Waals surface area contributed by atoms with Crippen LogP contribution in [-0.2, 0) is 19.4 Å². The number of aromatic nitrogens is 2. The van der Waals surface area contributed by atoms with Gasteiger partial charge in [-0.25, -0.2) is 9.37 Å². The van der Waals surface area contributed by atoms with Crippen molar-refractivity contribution in [3.63, 3.8) is 0 Å². The van der Waals surface area contributed by atoms with Gasteiger partial charge in [-0.1, -0.05) is 18.2 Å². The summed E-state index contributed by atoms with van der Waals surface area (Å²) in [6.07, 6.45) is 6.31. The van der Waals surface area contributed by atoms with Gasteiger partial charge in [0.2, 0.25) is 0 Å². The number of amides is 2. The second-order valence-corrected chi connectivity index (χ2v) is 7.79. The predicted octanol–water partition coefficient (Wildman–Crippen LogP) is 2.96. The first kappa shape index (κ1) is 19.6. The maximum Gasteiger partial charge on any atom is 0.289 e. The number of nitrogens with one attached hydrogen (secondary N) is 1. The fraction of sp³-hybridized carbons (Fsp3) is 0.500. The summed E-state index contributed by atoms with van der Waals surface area (Å²) in [6, 6.07) is 6.57. The van der Waals surface area contributed by atoms with E-state index in [0.717, 1.165) is 63.9 Å². The average Bonchev–Trinajstić information content (AvgIpc) is 3.15. The number of carbonyl (C=O) groups excluding carboxylic acids is 2. The molecule has 3 heterocycles. The molecule has 4 rings (SSSR count). The van der Waals surface area contributed by atoms with Gasteiger partial charge in [0.15, 0.2) is 5.82 Å². The smallest absolute Gasteiger partial charge is 0.289 e. The van der Waals surface area contributed by atoms with Gasteiger partial charge in [-0.3, -0.25) is 9.59 Å². The van der Waals surface area contributed by atoms with E-state index >= 15 is 0 Å². The lowest BCUT2D eigenvalue weighted by Crippen LogP contribution is -2.37. The molecule has 0 aliphatic carbocycles. The van der Waals surface area contributed by atoms with Crippen LogP contribution in [0.4, 0.5) is 4.39 Å². The molecule has 1 saturated heterocycles. The van der Waals surface area contributed by atoms with Gasteiger partial charge in [0, 0.05) is 26.2 Å². The molecule has 1 fully saturated rings. The number of carbonyl (C=O) groups is 2. The van der Waals surface area contributed by atoms with Crippen LogP contribution in [0.25, 0.3) is 0 Å². The second-order valence-electron chi connectivity index (χ2n) is 7.79. The van der Waals surface area contributed by atoms with Crippen LogP contribution in [0.3, 0.4) is 0 Å². The molecule has 0 bridgehead atoms. The van der Waals surface area contributed by atoms with E-state index in [1.54, 1.807) is 18.2 Å². The number of benzene rings is 1. The van der Waals surface area contributed by atoms with E-state index in [1.807, 2.05) is 9.47 Å². The summed E-state index contributed by atoms with van der Waals surface area (Å²) >= 11 is 0. The van der Waals surface area contributed by atoms with Gasteiger partial charge < -0.3 is 14.8 Å². The fourth-order valence-corrected chi connectivity index (χ4v) is 4.22. The molecular formula is C22H27FN4O2. The molecule has 0 atom stereocenters. The predicted molar refractivity (Wildman–Crippen MR) is 107 cm³/mol. The van der Waals surface area contributed by atoms with Crippen molar-refractivity contribution in [3.8, 4) is 0 Å². The lowest BCUT2D eigenvalue weighted by atomic mass is 10.1. The van der Waals surface area contributed by atoms with Gasteiger partial charge >= 0.3 is 0 Å². The molecule has 0 unspecified atom stereocenters. The average molecular weight is 398 g/mol. The van der Waals surface area contributed by atoms with Gasteiger partial charge in [-0.05, 0) is 56.6 Å². The van der Waals surface area contributed by atoms with E-state index in [1.165, 1.54) is 6.07 Å². The number of likely N-dealkylation sites (tertiary alicyclic amines) is 1. The Morgan fingerprint density at radius 1 is 1.03 bits per heavy atom. The SMILES string of the molecule is O=C(NCCc1ccccc1F)c1nc(C(=O)N2CCCCC2)n2c1CCCC2. The van der Waals surface area contributed by atoms with Gasteiger partial charge in [-0.15, -0.1) is 0 Å².